The predicted octanol–water partition coefficient (Wildman–Crippen LogP) is 5.96. The summed E-state index contributed by atoms with van der Waals surface area (Å²) in [6.45, 7) is 5.77. The van der Waals surface area contributed by atoms with Gasteiger partial charge in [-0.05, 0) is 24.1 Å². The normalized spacial score (nSPS) is 10.2. The van der Waals surface area contributed by atoms with Gasteiger partial charge in [-0.3, -0.25) is 0 Å². The minimum Gasteiger partial charge on any atom is -0.354 e. The molecule has 0 fully saturated rings. The Morgan fingerprint density at radius 1 is 0.773 bits per heavy atom. The Labute approximate surface area is 130 Å². The van der Waals surface area contributed by atoms with Crippen molar-refractivity contribution >= 4 is 27.9 Å². The van der Waals surface area contributed by atoms with Gasteiger partial charge in [0.2, 0.25) is 0 Å². The lowest BCUT2D eigenvalue weighted by molar-refractivity contribution is 1.45. The molecule has 1 N–H and O–H groups in total. The molecule has 0 unspecified atom stereocenters. The van der Waals surface area contributed by atoms with Crippen LogP contribution >= 0.6 is 0 Å². The summed E-state index contributed by atoms with van der Waals surface area (Å²) < 4.78 is 0. The van der Waals surface area contributed by atoms with E-state index in [1.807, 2.05) is 36.4 Å². The Morgan fingerprint density at radius 3 is 2.18 bits per heavy atom. The summed E-state index contributed by atoms with van der Waals surface area (Å²) in [4.78, 5) is 3.45. The van der Waals surface area contributed by atoms with Crippen molar-refractivity contribution in [3.63, 3.8) is 0 Å². The molecule has 22 heavy (non-hydrogen) atoms. The molecule has 0 saturated carbocycles. The van der Waals surface area contributed by atoms with Crippen molar-refractivity contribution in [2.24, 2.45) is 0 Å². The van der Waals surface area contributed by atoms with E-state index in [2.05, 4.69) is 61.0 Å². The van der Waals surface area contributed by atoms with Crippen molar-refractivity contribution in [1.82, 2.24) is 4.98 Å². The van der Waals surface area contributed by atoms with Gasteiger partial charge in [0.25, 0.3) is 0 Å². The molecule has 0 atom stereocenters. The summed E-state index contributed by atoms with van der Waals surface area (Å²) in [6, 6.07) is 24.9. The number of aromatic amines is 1. The Hall–Kier alpha value is -2.80. The molecular weight excluding hydrogens is 266 g/mol. The summed E-state index contributed by atoms with van der Waals surface area (Å²) in [5, 5.41) is 2.63. The molecule has 1 heteroatoms. The Kier molecular flexibility index (Phi) is 4.06. The number of aryl methyl sites for hydroxylation is 1. The fraction of sp³-hybridized carbons (Fsp3) is 0.0476. The Morgan fingerprint density at radius 2 is 1.45 bits per heavy atom. The van der Waals surface area contributed by atoms with E-state index in [4.69, 9.17) is 0 Å². The summed E-state index contributed by atoms with van der Waals surface area (Å²) in [5.41, 5.74) is 4.96. The van der Waals surface area contributed by atoms with Crippen LogP contribution in [0, 0.1) is 6.92 Å². The number of para-hydroxylation sites is 2. The largest absolute Gasteiger partial charge is 0.354 e. The van der Waals surface area contributed by atoms with Gasteiger partial charge in [-0.25, -0.2) is 0 Å². The van der Waals surface area contributed by atoms with E-state index in [0.29, 0.717) is 0 Å². The quantitative estimate of drug-likeness (QED) is 0.444. The summed E-state index contributed by atoms with van der Waals surface area (Å²) in [7, 11) is 0. The average Bonchev–Trinajstić information content (AvgIpc) is 2.97. The average molecular weight is 285 g/mol. The molecule has 4 aromatic rings. The molecule has 4 rings (SSSR count). The van der Waals surface area contributed by atoms with Gasteiger partial charge >= 0.3 is 0 Å². The Balaban J connectivity index is 0.000000154. The van der Waals surface area contributed by atoms with E-state index in [1.54, 1.807) is 0 Å². The first-order chi connectivity index (χ1) is 10.8. The molecule has 0 radical (unpaired) electrons. The van der Waals surface area contributed by atoms with E-state index < -0.39 is 0 Å². The van der Waals surface area contributed by atoms with Gasteiger partial charge in [0.15, 0.2) is 0 Å². The van der Waals surface area contributed by atoms with Crippen molar-refractivity contribution in [2.45, 2.75) is 6.92 Å². The number of aromatic nitrogens is 1. The van der Waals surface area contributed by atoms with Crippen molar-refractivity contribution in [3.05, 3.63) is 90.5 Å². The SMILES string of the molecule is C=Cc1ccccc1.Cc1cccc2c1[nH]c1ccccc12. The second-order valence-corrected chi connectivity index (χ2v) is 5.28. The van der Waals surface area contributed by atoms with Gasteiger partial charge in [0.05, 0.1) is 0 Å². The minimum absolute atomic E-state index is 1.17. The topological polar surface area (TPSA) is 15.8 Å². The maximum atomic E-state index is 3.63. The predicted molar refractivity (Wildman–Crippen MR) is 97.1 cm³/mol. The van der Waals surface area contributed by atoms with Crippen molar-refractivity contribution in [1.29, 1.82) is 0 Å². The first kappa shape index (κ1) is 14.2. The summed E-state index contributed by atoms with van der Waals surface area (Å²) in [5.74, 6) is 0. The van der Waals surface area contributed by atoms with Crippen LogP contribution < -0.4 is 0 Å². The fourth-order valence-corrected chi connectivity index (χ4v) is 2.61. The Bertz CT molecular complexity index is 901. The number of benzene rings is 3. The number of rotatable bonds is 1. The highest BCUT2D eigenvalue weighted by Crippen LogP contribution is 2.26. The summed E-state index contributed by atoms with van der Waals surface area (Å²) >= 11 is 0. The molecule has 1 heterocycles. The number of hydrogen-bond acceptors (Lipinski definition) is 0. The van der Waals surface area contributed by atoms with E-state index >= 15 is 0 Å². The molecular formula is C21H19N. The first-order valence-electron chi connectivity index (χ1n) is 7.43. The highest BCUT2D eigenvalue weighted by atomic mass is 14.7. The zero-order chi connectivity index (χ0) is 15.4. The van der Waals surface area contributed by atoms with Crippen LogP contribution in [0.3, 0.4) is 0 Å². The molecule has 3 aromatic carbocycles. The van der Waals surface area contributed by atoms with Crippen molar-refractivity contribution < 1.29 is 0 Å². The molecule has 0 spiro atoms. The van der Waals surface area contributed by atoms with Crippen LogP contribution in [0.4, 0.5) is 0 Å². The lowest BCUT2D eigenvalue weighted by Crippen LogP contribution is -1.73. The highest BCUT2D eigenvalue weighted by Gasteiger charge is 2.03. The van der Waals surface area contributed by atoms with Gasteiger partial charge in [-0.2, -0.15) is 0 Å². The van der Waals surface area contributed by atoms with Crippen LogP contribution in [0.5, 0.6) is 0 Å². The van der Waals surface area contributed by atoms with E-state index in [9.17, 15) is 0 Å². The van der Waals surface area contributed by atoms with Crippen LogP contribution in [0.15, 0.2) is 79.4 Å². The number of H-pyrrole nitrogens is 1. The van der Waals surface area contributed by atoms with Crippen LogP contribution in [-0.2, 0) is 0 Å². The second-order valence-electron chi connectivity index (χ2n) is 5.28. The maximum Gasteiger partial charge on any atom is 0.0494 e. The van der Waals surface area contributed by atoms with E-state index in [-0.39, 0.29) is 0 Å². The monoisotopic (exact) mass is 285 g/mol. The zero-order valence-corrected chi connectivity index (χ0v) is 12.7. The fourth-order valence-electron chi connectivity index (χ4n) is 2.61. The van der Waals surface area contributed by atoms with Gasteiger partial charge in [-0.1, -0.05) is 79.4 Å². The molecule has 0 saturated heterocycles. The zero-order valence-electron chi connectivity index (χ0n) is 12.7. The minimum atomic E-state index is 1.17. The molecule has 0 amide bonds. The number of hydrogen-bond donors (Lipinski definition) is 1. The van der Waals surface area contributed by atoms with Crippen LogP contribution in [-0.4, -0.2) is 4.98 Å². The number of fused-ring (bicyclic) bond motifs is 3. The number of nitrogens with one attached hydrogen (secondary N) is 1. The molecule has 0 bridgehead atoms. The molecule has 1 aromatic heterocycles. The van der Waals surface area contributed by atoms with Gasteiger partial charge in [0.1, 0.15) is 0 Å². The lowest BCUT2D eigenvalue weighted by atomic mass is 10.1. The molecule has 0 aliphatic heterocycles. The summed E-state index contributed by atoms with van der Waals surface area (Å²) in [6.07, 6.45) is 1.83. The van der Waals surface area contributed by atoms with Crippen LogP contribution in [0.25, 0.3) is 27.9 Å². The van der Waals surface area contributed by atoms with Crippen molar-refractivity contribution in [3.8, 4) is 0 Å². The van der Waals surface area contributed by atoms with E-state index in [1.165, 1.54) is 32.9 Å². The van der Waals surface area contributed by atoms with Gasteiger partial charge < -0.3 is 4.98 Å². The third-order valence-electron chi connectivity index (χ3n) is 3.78. The van der Waals surface area contributed by atoms with Gasteiger partial charge in [0, 0.05) is 21.8 Å². The van der Waals surface area contributed by atoms with Crippen LogP contribution in [0.1, 0.15) is 11.1 Å². The van der Waals surface area contributed by atoms with Crippen molar-refractivity contribution in [2.75, 3.05) is 0 Å². The maximum absolute atomic E-state index is 3.63. The molecule has 0 aliphatic rings. The van der Waals surface area contributed by atoms with Crippen LogP contribution in [0.2, 0.25) is 0 Å². The molecule has 1 nitrogen and oxygen atoms in total. The van der Waals surface area contributed by atoms with E-state index in [0.717, 1.165) is 0 Å². The molecule has 108 valence electrons. The lowest BCUT2D eigenvalue weighted by Gasteiger charge is -1.93. The first-order valence-corrected chi connectivity index (χ1v) is 7.43. The third kappa shape index (κ3) is 2.79. The highest BCUT2D eigenvalue weighted by molar-refractivity contribution is 6.08. The smallest absolute Gasteiger partial charge is 0.0494 e. The third-order valence-corrected chi connectivity index (χ3v) is 3.78. The second kappa shape index (κ2) is 6.31. The van der Waals surface area contributed by atoms with Gasteiger partial charge in [-0.15, -0.1) is 0 Å². The molecule has 0 aliphatic carbocycles. The standard InChI is InChI=1S/C13H11N.C8H8/c1-9-5-4-7-11-10-6-2-3-8-12(10)14-13(9)11;1-2-8-6-4-3-5-7-8/h2-8,14H,1H3;2-7H,1H2.